The predicted octanol–water partition coefficient (Wildman–Crippen LogP) is 0.913. The van der Waals surface area contributed by atoms with Crippen molar-refractivity contribution in [3.05, 3.63) is 11.7 Å². The summed E-state index contributed by atoms with van der Waals surface area (Å²) in [4.78, 5) is 6.63. The molecule has 2 rings (SSSR count). The van der Waals surface area contributed by atoms with Gasteiger partial charge in [0, 0.05) is 24.5 Å². The zero-order valence-electron chi connectivity index (χ0n) is 12.7. The van der Waals surface area contributed by atoms with Gasteiger partial charge in [0.2, 0.25) is 5.89 Å². The highest BCUT2D eigenvalue weighted by Crippen LogP contribution is 2.19. The van der Waals surface area contributed by atoms with Gasteiger partial charge in [-0.25, -0.2) is 0 Å². The smallest absolute Gasteiger partial charge is 0.240 e. The summed E-state index contributed by atoms with van der Waals surface area (Å²) in [5, 5.41) is 16.7. The summed E-state index contributed by atoms with van der Waals surface area (Å²) < 4.78 is 5.33. The molecule has 0 spiro atoms. The molecule has 1 aliphatic heterocycles. The Labute approximate surface area is 120 Å². The zero-order chi connectivity index (χ0) is 14.6. The molecule has 114 valence electrons. The average Bonchev–Trinajstić information content (AvgIpc) is 2.99. The van der Waals surface area contributed by atoms with Crippen LogP contribution < -0.4 is 5.32 Å². The second-order valence-electron chi connectivity index (χ2n) is 6.51. The Morgan fingerprint density at radius 1 is 1.45 bits per heavy atom. The number of aliphatic hydroxyl groups is 1. The van der Waals surface area contributed by atoms with E-state index < -0.39 is 0 Å². The van der Waals surface area contributed by atoms with Crippen molar-refractivity contribution in [2.45, 2.75) is 51.6 Å². The van der Waals surface area contributed by atoms with E-state index in [1.807, 2.05) is 0 Å². The topological polar surface area (TPSA) is 74.4 Å². The molecule has 0 amide bonds. The maximum atomic E-state index is 9.19. The molecular weight excluding hydrogens is 256 g/mol. The van der Waals surface area contributed by atoms with Crippen LogP contribution in [0.2, 0.25) is 0 Å². The van der Waals surface area contributed by atoms with Gasteiger partial charge < -0.3 is 14.9 Å². The van der Waals surface area contributed by atoms with Crippen molar-refractivity contribution in [2.24, 2.45) is 0 Å². The van der Waals surface area contributed by atoms with Crippen LogP contribution in [0.1, 0.15) is 45.3 Å². The SMILES string of the molecule is CC(C)(C)c1noc(CN(CCO)CC2CCCN2)n1. The molecule has 20 heavy (non-hydrogen) atoms. The Morgan fingerprint density at radius 2 is 2.25 bits per heavy atom. The molecule has 1 atom stereocenters. The molecule has 6 heteroatoms. The number of nitrogens with zero attached hydrogens (tertiary/aromatic N) is 3. The van der Waals surface area contributed by atoms with Crippen LogP contribution in [-0.2, 0) is 12.0 Å². The van der Waals surface area contributed by atoms with Crippen molar-refractivity contribution in [3.63, 3.8) is 0 Å². The van der Waals surface area contributed by atoms with E-state index in [1.54, 1.807) is 0 Å². The average molecular weight is 282 g/mol. The minimum absolute atomic E-state index is 0.101. The maximum absolute atomic E-state index is 9.19. The minimum atomic E-state index is -0.101. The van der Waals surface area contributed by atoms with Gasteiger partial charge in [0.25, 0.3) is 0 Å². The van der Waals surface area contributed by atoms with Gasteiger partial charge in [0.15, 0.2) is 5.82 Å². The number of hydrogen-bond donors (Lipinski definition) is 2. The van der Waals surface area contributed by atoms with Gasteiger partial charge in [-0.3, -0.25) is 4.90 Å². The van der Waals surface area contributed by atoms with Crippen LogP contribution in [-0.4, -0.2) is 52.4 Å². The normalized spacial score (nSPS) is 19.9. The van der Waals surface area contributed by atoms with E-state index in [0.717, 1.165) is 18.9 Å². The molecule has 6 nitrogen and oxygen atoms in total. The second-order valence-corrected chi connectivity index (χ2v) is 6.51. The number of nitrogens with one attached hydrogen (secondary N) is 1. The lowest BCUT2D eigenvalue weighted by Crippen LogP contribution is -2.38. The van der Waals surface area contributed by atoms with Crippen molar-refractivity contribution in [1.29, 1.82) is 0 Å². The van der Waals surface area contributed by atoms with E-state index in [4.69, 9.17) is 4.52 Å². The van der Waals surface area contributed by atoms with E-state index in [9.17, 15) is 5.11 Å². The molecule has 0 bridgehead atoms. The predicted molar refractivity (Wildman–Crippen MR) is 76.4 cm³/mol. The first-order valence-electron chi connectivity index (χ1n) is 7.38. The van der Waals surface area contributed by atoms with Gasteiger partial charge in [-0.1, -0.05) is 25.9 Å². The Hall–Kier alpha value is -0.980. The lowest BCUT2D eigenvalue weighted by molar-refractivity contribution is 0.163. The third kappa shape index (κ3) is 4.26. The lowest BCUT2D eigenvalue weighted by atomic mass is 9.96. The molecule has 1 saturated heterocycles. The summed E-state index contributed by atoms with van der Waals surface area (Å²) in [6.07, 6.45) is 2.42. The Morgan fingerprint density at radius 3 is 2.80 bits per heavy atom. The van der Waals surface area contributed by atoms with Crippen LogP contribution >= 0.6 is 0 Å². The van der Waals surface area contributed by atoms with Gasteiger partial charge in [-0.05, 0) is 19.4 Å². The largest absolute Gasteiger partial charge is 0.395 e. The van der Waals surface area contributed by atoms with Crippen molar-refractivity contribution in [1.82, 2.24) is 20.4 Å². The third-order valence-electron chi connectivity index (χ3n) is 3.55. The van der Waals surface area contributed by atoms with Gasteiger partial charge >= 0.3 is 0 Å². The fourth-order valence-electron chi connectivity index (χ4n) is 2.42. The van der Waals surface area contributed by atoms with E-state index in [2.05, 4.69) is 41.1 Å². The summed E-state index contributed by atoms with van der Waals surface area (Å²) in [5.41, 5.74) is -0.101. The molecule has 1 aromatic rings. The van der Waals surface area contributed by atoms with Crippen LogP contribution in [0, 0.1) is 0 Å². The second kappa shape index (κ2) is 6.65. The van der Waals surface area contributed by atoms with Crippen molar-refractivity contribution >= 4 is 0 Å². The van der Waals surface area contributed by atoms with Crippen LogP contribution in [0.4, 0.5) is 0 Å². The summed E-state index contributed by atoms with van der Waals surface area (Å²) in [6, 6.07) is 0.506. The van der Waals surface area contributed by atoms with E-state index in [1.165, 1.54) is 12.8 Å². The molecule has 1 aliphatic rings. The maximum Gasteiger partial charge on any atom is 0.240 e. The molecule has 1 fully saturated rings. The van der Waals surface area contributed by atoms with Crippen LogP contribution in [0.25, 0.3) is 0 Å². The van der Waals surface area contributed by atoms with E-state index >= 15 is 0 Å². The first-order chi connectivity index (χ1) is 9.49. The first kappa shape index (κ1) is 15.4. The number of hydrogen-bond acceptors (Lipinski definition) is 6. The van der Waals surface area contributed by atoms with E-state index in [0.29, 0.717) is 25.0 Å². The fraction of sp³-hybridized carbons (Fsp3) is 0.857. The van der Waals surface area contributed by atoms with Crippen LogP contribution in [0.3, 0.4) is 0 Å². The molecule has 0 aliphatic carbocycles. The first-order valence-corrected chi connectivity index (χ1v) is 7.38. The monoisotopic (exact) mass is 282 g/mol. The summed E-state index contributed by atoms with van der Waals surface area (Å²) in [7, 11) is 0. The molecule has 1 aromatic heterocycles. The van der Waals surface area contributed by atoms with Crippen molar-refractivity contribution < 1.29 is 9.63 Å². The molecule has 1 unspecified atom stereocenters. The highest BCUT2D eigenvalue weighted by molar-refractivity contribution is 5.00. The van der Waals surface area contributed by atoms with Gasteiger partial charge in [0.05, 0.1) is 13.2 Å². The standard InChI is InChI=1S/C14H26N4O2/c1-14(2,3)13-16-12(20-17-13)10-18(7-8-19)9-11-5-4-6-15-11/h11,15,19H,4-10H2,1-3H3. The molecule has 2 heterocycles. The van der Waals surface area contributed by atoms with Crippen molar-refractivity contribution in [3.8, 4) is 0 Å². The van der Waals surface area contributed by atoms with Crippen LogP contribution in [0.15, 0.2) is 4.52 Å². The molecular formula is C14H26N4O2. The van der Waals surface area contributed by atoms with Gasteiger partial charge in [0.1, 0.15) is 0 Å². The van der Waals surface area contributed by atoms with E-state index in [-0.39, 0.29) is 12.0 Å². The summed E-state index contributed by atoms with van der Waals surface area (Å²) in [6.45, 7) is 9.57. The number of aromatic nitrogens is 2. The quantitative estimate of drug-likeness (QED) is 0.808. The third-order valence-corrected chi connectivity index (χ3v) is 3.55. The fourth-order valence-corrected chi connectivity index (χ4v) is 2.42. The summed E-state index contributed by atoms with van der Waals surface area (Å²) >= 11 is 0. The van der Waals surface area contributed by atoms with Crippen molar-refractivity contribution in [2.75, 3.05) is 26.2 Å². The minimum Gasteiger partial charge on any atom is -0.395 e. The molecule has 2 N–H and O–H groups in total. The molecule has 0 saturated carbocycles. The highest BCUT2D eigenvalue weighted by atomic mass is 16.5. The Kier molecular flexibility index (Phi) is 5.12. The molecule has 0 aromatic carbocycles. The molecule has 0 radical (unpaired) electrons. The van der Waals surface area contributed by atoms with Gasteiger partial charge in [-0.2, -0.15) is 4.98 Å². The highest BCUT2D eigenvalue weighted by Gasteiger charge is 2.23. The lowest BCUT2D eigenvalue weighted by Gasteiger charge is -2.23. The Bertz CT molecular complexity index is 408. The number of rotatable bonds is 6. The van der Waals surface area contributed by atoms with Gasteiger partial charge in [-0.15, -0.1) is 0 Å². The Balaban J connectivity index is 1.94. The van der Waals surface area contributed by atoms with Crippen LogP contribution in [0.5, 0.6) is 0 Å². The summed E-state index contributed by atoms with van der Waals surface area (Å²) in [5.74, 6) is 1.36. The zero-order valence-corrected chi connectivity index (χ0v) is 12.7. The number of aliphatic hydroxyl groups excluding tert-OH is 1.